The van der Waals surface area contributed by atoms with E-state index in [1.54, 1.807) is 0 Å². The molecular weight excluding hydrogens is 294 g/mol. The maximum Gasteiger partial charge on any atom is 0.231 e. The van der Waals surface area contributed by atoms with E-state index in [0.717, 1.165) is 48.1 Å². The molecule has 2 aromatic rings. The van der Waals surface area contributed by atoms with Gasteiger partial charge in [-0.25, -0.2) is 0 Å². The predicted octanol–water partition coefficient (Wildman–Crippen LogP) is 2.33. The smallest absolute Gasteiger partial charge is 0.231 e. The van der Waals surface area contributed by atoms with Crippen LogP contribution >= 0.6 is 0 Å². The Bertz CT molecular complexity index is 694. The van der Waals surface area contributed by atoms with Crippen LogP contribution in [0.4, 0.5) is 0 Å². The van der Waals surface area contributed by atoms with E-state index < -0.39 is 0 Å². The second-order valence-corrected chi connectivity index (χ2v) is 6.06. The van der Waals surface area contributed by atoms with Crippen molar-refractivity contribution < 1.29 is 14.2 Å². The monoisotopic (exact) mass is 315 g/mol. The summed E-state index contributed by atoms with van der Waals surface area (Å²) in [6.07, 6.45) is 0. The van der Waals surface area contributed by atoms with Crippen LogP contribution in [-0.2, 0) is 11.3 Å². The topological polar surface area (TPSA) is 59.6 Å². The quantitative estimate of drug-likeness (QED) is 0.942. The number of rotatable bonds is 3. The van der Waals surface area contributed by atoms with Gasteiger partial charge in [0, 0.05) is 29.9 Å². The molecule has 0 saturated carbocycles. The van der Waals surface area contributed by atoms with Crippen LogP contribution in [0, 0.1) is 13.8 Å². The van der Waals surface area contributed by atoms with Gasteiger partial charge in [-0.3, -0.25) is 10.00 Å². The van der Waals surface area contributed by atoms with Crippen molar-refractivity contribution in [1.29, 1.82) is 0 Å². The first kappa shape index (κ1) is 14.5. The van der Waals surface area contributed by atoms with Crippen molar-refractivity contribution in [2.45, 2.75) is 26.4 Å². The van der Waals surface area contributed by atoms with Gasteiger partial charge in [-0.2, -0.15) is 5.10 Å². The number of fused-ring (bicyclic) bond motifs is 1. The largest absolute Gasteiger partial charge is 0.454 e. The average molecular weight is 315 g/mol. The normalized spacial score (nSPS) is 20.9. The van der Waals surface area contributed by atoms with Crippen LogP contribution in [0.5, 0.6) is 11.5 Å². The molecule has 1 N–H and O–H groups in total. The molecule has 122 valence electrons. The van der Waals surface area contributed by atoms with Crippen LogP contribution in [0.3, 0.4) is 0 Å². The summed E-state index contributed by atoms with van der Waals surface area (Å²) in [4.78, 5) is 2.44. The maximum absolute atomic E-state index is 5.74. The maximum atomic E-state index is 5.74. The molecule has 1 saturated heterocycles. The predicted molar refractivity (Wildman–Crippen MR) is 84.6 cm³/mol. The van der Waals surface area contributed by atoms with Gasteiger partial charge in [-0.15, -0.1) is 0 Å². The Morgan fingerprint density at radius 2 is 2.22 bits per heavy atom. The molecule has 2 aliphatic rings. The van der Waals surface area contributed by atoms with Crippen molar-refractivity contribution in [1.82, 2.24) is 15.1 Å². The fourth-order valence-electron chi connectivity index (χ4n) is 3.48. The molecule has 1 fully saturated rings. The number of ether oxygens (including phenoxy) is 3. The number of aromatic nitrogens is 2. The van der Waals surface area contributed by atoms with E-state index in [-0.39, 0.29) is 6.04 Å². The third-order valence-corrected chi connectivity index (χ3v) is 4.61. The van der Waals surface area contributed by atoms with Crippen molar-refractivity contribution in [3.8, 4) is 11.5 Å². The molecule has 0 radical (unpaired) electrons. The molecule has 3 heterocycles. The molecule has 6 nitrogen and oxygen atoms in total. The molecule has 2 aliphatic heterocycles. The van der Waals surface area contributed by atoms with Gasteiger partial charge >= 0.3 is 0 Å². The lowest BCUT2D eigenvalue weighted by Gasteiger charge is -2.36. The summed E-state index contributed by atoms with van der Waals surface area (Å²) in [5, 5.41) is 7.42. The second kappa shape index (κ2) is 5.86. The highest BCUT2D eigenvalue weighted by Crippen LogP contribution is 2.38. The van der Waals surface area contributed by atoms with Gasteiger partial charge in [-0.05, 0) is 19.9 Å². The number of hydrogen-bond acceptors (Lipinski definition) is 5. The van der Waals surface area contributed by atoms with E-state index in [0.29, 0.717) is 13.4 Å². The van der Waals surface area contributed by atoms with Crippen molar-refractivity contribution in [3.63, 3.8) is 0 Å². The summed E-state index contributed by atoms with van der Waals surface area (Å²) in [5.41, 5.74) is 4.56. The lowest BCUT2D eigenvalue weighted by molar-refractivity contribution is -0.0134. The summed E-state index contributed by atoms with van der Waals surface area (Å²) >= 11 is 0. The van der Waals surface area contributed by atoms with Gasteiger partial charge in [0.25, 0.3) is 0 Å². The molecule has 1 aromatic heterocycles. The Hall–Kier alpha value is -2.05. The van der Waals surface area contributed by atoms with Crippen molar-refractivity contribution in [3.05, 3.63) is 40.7 Å². The molecule has 1 unspecified atom stereocenters. The zero-order valence-corrected chi connectivity index (χ0v) is 13.5. The average Bonchev–Trinajstić information content (AvgIpc) is 3.16. The van der Waals surface area contributed by atoms with Crippen molar-refractivity contribution in [2.24, 2.45) is 0 Å². The highest BCUT2D eigenvalue weighted by Gasteiger charge is 2.30. The first-order chi connectivity index (χ1) is 11.2. The Kier molecular flexibility index (Phi) is 3.71. The Labute approximate surface area is 135 Å². The first-order valence-corrected chi connectivity index (χ1v) is 7.95. The lowest BCUT2D eigenvalue weighted by Crippen LogP contribution is -2.39. The number of morpholine rings is 1. The Balaban J connectivity index is 1.63. The molecule has 23 heavy (non-hydrogen) atoms. The van der Waals surface area contributed by atoms with Gasteiger partial charge in [0.15, 0.2) is 11.5 Å². The van der Waals surface area contributed by atoms with E-state index in [9.17, 15) is 0 Å². The molecular formula is C17H21N3O3. The van der Waals surface area contributed by atoms with E-state index in [4.69, 9.17) is 14.2 Å². The number of hydrogen-bond donors (Lipinski definition) is 1. The van der Waals surface area contributed by atoms with Crippen LogP contribution in [0.15, 0.2) is 18.2 Å². The van der Waals surface area contributed by atoms with Crippen LogP contribution in [-0.4, -0.2) is 41.6 Å². The van der Waals surface area contributed by atoms with E-state index >= 15 is 0 Å². The molecule has 1 atom stereocenters. The number of aryl methyl sites for hydroxylation is 2. The van der Waals surface area contributed by atoms with Crippen molar-refractivity contribution in [2.75, 3.05) is 26.6 Å². The van der Waals surface area contributed by atoms with Crippen molar-refractivity contribution >= 4 is 0 Å². The number of H-pyrrole nitrogens is 1. The molecule has 0 bridgehead atoms. The number of aromatic amines is 1. The van der Waals surface area contributed by atoms with Crippen LogP contribution in [0.1, 0.15) is 28.6 Å². The first-order valence-electron chi connectivity index (χ1n) is 7.95. The number of para-hydroxylation sites is 1. The van der Waals surface area contributed by atoms with E-state index in [1.165, 1.54) is 5.56 Å². The number of nitrogens with one attached hydrogen (secondary N) is 1. The zero-order chi connectivity index (χ0) is 15.8. The highest BCUT2D eigenvalue weighted by atomic mass is 16.7. The van der Waals surface area contributed by atoms with Gasteiger partial charge in [0.1, 0.15) is 0 Å². The number of benzene rings is 1. The summed E-state index contributed by atoms with van der Waals surface area (Å²) in [7, 11) is 0. The minimum atomic E-state index is 0.209. The van der Waals surface area contributed by atoms with E-state index in [1.807, 2.05) is 19.1 Å². The fraction of sp³-hybridized carbons (Fsp3) is 0.471. The van der Waals surface area contributed by atoms with E-state index in [2.05, 4.69) is 28.1 Å². The van der Waals surface area contributed by atoms with Crippen LogP contribution in [0.25, 0.3) is 0 Å². The molecule has 0 aliphatic carbocycles. The second-order valence-electron chi connectivity index (χ2n) is 6.06. The molecule has 4 rings (SSSR count). The number of nitrogens with zero attached hydrogens (tertiary/aromatic N) is 2. The zero-order valence-electron chi connectivity index (χ0n) is 13.5. The Morgan fingerprint density at radius 3 is 3.04 bits per heavy atom. The van der Waals surface area contributed by atoms with Crippen LogP contribution in [0.2, 0.25) is 0 Å². The molecule has 1 aromatic carbocycles. The highest BCUT2D eigenvalue weighted by molar-refractivity contribution is 5.48. The van der Waals surface area contributed by atoms with Gasteiger partial charge in [-0.1, -0.05) is 12.1 Å². The minimum Gasteiger partial charge on any atom is -0.454 e. The summed E-state index contributed by atoms with van der Waals surface area (Å²) in [6, 6.07) is 6.29. The molecule has 0 spiro atoms. The standard InChI is InChI=1S/C17H21N3O3/c1-11-16(12(2)19-18-11)14-9-21-7-6-20(14)8-13-4-3-5-15-17(13)23-10-22-15/h3-5,14H,6-10H2,1-2H3,(H,18,19). The third kappa shape index (κ3) is 2.58. The minimum absolute atomic E-state index is 0.209. The third-order valence-electron chi connectivity index (χ3n) is 4.61. The Morgan fingerprint density at radius 1 is 1.30 bits per heavy atom. The summed E-state index contributed by atoms with van der Waals surface area (Å²) < 4.78 is 16.9. The summed E-state index contributed by atoms with van der Waals surface area (Å²) in [5.74, 6) is 1.71. The fourth-order valence-corrected chi connectivity index (χ4v) is 3.48. The van der Waals surface area contributed by atoms with Gasteiger partial charge < -0.3 is 14.2 Å². The molecule has 0 amide bonds. The SMILES string of the molecule is Cc1n[nH]c(C)c1C1COCCN1Cc1cccc2c1OCO2. The molecule has 6 heteroatoms. The van der Waals surface area contributed by atoms with Crippen LogP contribution < -0.4 is 9.47 Å². The lowest BCUT2D eigenvalue weighted by atomic mass is 10.0. The van der Waals surface area contributed by atoms with Gasteiger partial charge in [0.05, 0.1) is 24.9 Å². The van der Waals surface area contributed by atoms with Gasteiger partial charge in [0.2, 0.25) is 6.79 Å². The summed E-state index contributed by atoms with van der Waals surface area (Å²) in [6.45, 7) is 7.55.